The minimum Gasteiger partial charge on any atom is -0.298 e. The molecule has 2 rings (SSSR count). The number of thiazole rings is 1. The van der Waals surface area contributed by atoms with Crippen LogP contribution < -0.4 is 5.32 Å². The van der Waals surface area contributed by atoms with E-state index < -0.39 is 0 Å². The number of rotatable bonds is 2. The van der Waals surface area contributed by atoms with Crippen molar-refractivity contribution in [2.45, 2.75) is 13.8 Å². The number of hydrogen-bond acceptors (Lipinski definition) is 4. The first kappa shape index (κ1) is 12.3. The van der Waals surface area contributed by atoms with E-state index in [0.717, 1.165) is 10.6 Å². The van der Waals surface area contributed by atoms with Crippen LogP contribution >= 0.6 is 11.3 Å². The minimum atomic E-state index is -0.249. The third-order valence-corrected chi connectivity index (χ3v) is 3.49. The molecule has 1 aromatic carbocycles. The fourth-order valence-electron chi connectivity index (χ4n) is 1.43. The molecule has 90 valence electrons. The van der Waals surface area contributed by atoms with Gasteiger partial charge in [-0.25, -0.2) is 4.98 Å². The Labute approximate surface area is 109 Å². The van der Waals surface area contributed by atoms with Crippen LogP contribution in [0.1, 0.15) is 26.5 Å². The highest BCUT2D eigenvalue weighted by Crippen LogP contribution is 2.21. The van der Waals surface area contributed by atoms with Gasteiger partial charge in [-0.1, -0.05) is 6.07 Å². The van der Waals surface area contributed by atoms with Gasteiger partial charge in [0, 0.05) is 10.4 Å². The highest BCUT2D eigenvalue weighted by Gasteiger charge is 2.10. The smallest absolute Gasteiger partial charge is 0.257 e. The average Bonchev–Trinajstić information content (AvgIpc) is 2.68. The van der Waals surface area contributed by atoms with Gasteiger partial charge >= 0.3 is 0 Å². The molecule has 1 N–H and O–H groups in total. The normalized spacial score (nSPS) is 9.83. The molecule has 0 atom stereocenters. The molecule has 1 amide bonds. The van der Waals surface area contributed by atoms with E-state index in [-0.39, 0.29) is 5.91 Å². The van der Waals surface area contributed by atoms with Gasteiger partial charge in [0.2, 0.25) is 0 Å². The number of carbonyl (C=O) groups is 1. The van der Waals surface area contributed by atoms with Crippen molar-refractivity contribution in [2.75, 3.05) is 5.32 Å². The maximum atomic E-state index is 11.9. The number of aryl methyl sites for hydroxylation is 2. The van der Waals surface area contributed by atoms with Crippen molar-refractivity contribution < 1.29 is 4.79 Å². The van der Waals surface area contributed by atoms with Crippen molar-refractivity contribution >= 4 is 22.4 Å². The Kier molecular flexibility index (Phi) is 3.40. The molecule has 0 unspecified atom stereocenters. The first-order chi connectivity index (χ1) is 8.60. The fourth-order valence-corrected chi connectivity index (χ4v) is 2.24. The van der Waals surface area contributed by atoms with Crippen LogP contribution in [0, 0.1) is 25.2 Å². The molecule has 0 saturated heterocycles. The lowest BCUT2D eigenvalue weighted by molar-refractivity contribution is 0.102. The molecule has 0 fully saturated rings. The van der Waals surface area contributed by atoms with Gasteiger partial charge in [-0.15, -0.1) is 11.3 Å². The van der Waals surface area contributed by atoms with Crippen LogP contribution in [-0.4, -0.2) is 10.9 Å². The zero-order valence-electron chi connectivity index (χ0n) is 10.0. The molecule has 1 aromatic heterocycles. The monoisotopic (exact) mass is 257 g/mol. The second-order valence-electron chi connectivity index (χ2n) is 3.81. The van der Waals surface area contributed by atoms with E-state index in [1.807, 2.05) is 19.9 Å². The Balaban J connectivity index is 2.19. The summed E-state index contributed by atoms with van der Waals surface area (Å²) in [6.07, 6.45) is 0. The minimum absolute atomic E-state index is 0.249. The summed E-state index contributed by atoms with van der Waals surface area (Å²) in [6, 6.07) is 8.58. The Hall–Kier alpha value is -2.19. The molecular weight excluding hydrogens is 246 g/mol. The van der Waals surface area contributed by atoms with Crippen LogP contribution in [0.2, 0.25) is 0 Å². The highest BCUT2D eigenvalue weighted by atomic mass is 32.1. The lowest BCUT2D eigenvalue weighted by Crippen LogP contribution is -2.11. The van der Waals surface area contributed by atoms with Crippen molar-refractivity contribution in [2.24, 2.45) is 0 Å². The number of nitrogens with zero attached hydrogens (tertiary/aromatic N) is 2. The number of amides is 1. The predicted molar refractivity (Wildman–Crippen MR) is 70.7 cm³/mol. The van der Waals surface area contributed by atoms with E-state index in [9.17, 15) is 4.79 Å². The molecule has 0 radical (unpaired) electrons. The number of benzene rings is 1. The maximum Gasteiger partial charge on any atom is 0.257 e. The molecule has 1 heterocycles. The Bertz CT molecular complexity index is 620. The largest absolute Gasteiger partial charge is 0.298 e. The second kappa shape index (κ2) is 4.98. The summed E-state index contributed by atoms with van der Waals surface area (Å²) in [7, 11) is 0. The third kappa shape index (κ3) is 2.55. The highest BCUT2D eigenvalue weighted by molar-refractivity contribution is 7.15. The molecule has 0 spiro atoms. The van der Waals surface area contributed by atoms with Gasteiger partial charge < -0.3 is 0 Å². The summed E-state index contributed by atoms with van der Waals surface area (Å²) in [5, 5.41) is 12.1. The molecule has 2 aromatic rings. The van der Waals surface area contributed by atoms with E-state index in [4.69, 9.17) is 5.26 Å². The van der Waals surface area contributed by atoms with Crippen LogP contribution in [0.5, 0.6) is 0 Å². The van der Waals surface area contributed by atoms with E-state index in [2.05, 4.69) is 10.3 Å². The second-order valence-corrected chi connectivity index (χ2v) is 5.01. The van der Waals surface area contributed by atoms with Crippen molar-refractivity contribution in [3.63, 3.8) is 0 Å². The number of nitrogens with one attached hydrogen (secondary N) is 1. The quantitative estimate of drug-likeness (QED) is 0.899. The van der Waals surface area contributed by atoms with Crippen molar-refractivity contribution in [1.82, 2.24) is 4.98 Å². The molecular formula is C13H11N3OS. The molecule has 18 heavy (non-hydrogen) atoms. The third-order valence-electron chi connectivity index (χ3n) is 2.50. The zero-order chi connectivity index (χ0) is 13.1. The van der Waals surface area contributed by atoms with Crippen LogP contribution in [0.3, 0.4) is 0 Å². The molecule has 5 heteroatoms. The van der Waals surface area contributed by atoms with Crippen LogP contribution in [0.25, 0.3) is 0 Å². The van der Waals surface area contributed by atoms with Crippen LogP contribution in [0.4, 0.5) is 5.13 Å². The van der Waals surface area contributed by atoms with Crippen molar-refractivity contribution in [3.8, 4) is 6.07 Å². The summed E-state index contributed by atoms with van der Waals surface area (Å²) in [5.74, 6) is -0.249. The van der Waals surface area contributed by atoms with Gasteiger partial charge in [-0.05, 0) is 32.0 Å². The fraction of sp³-hybridized carbons (Fsp3) is 0.154. The molecule has 0 saturated carbocycles. The first-order valence-corrected chi connectivity index (χ1v) is 6.17. The van der Waals surface area contributed by atoms with Crippen LogP contribution in [-0.2, 0) is 0 Å². The molecule has 0 bridgehead atoms. The Morgan fingerprint density at radius 2 is 2.22 bits per heavy atom. The van der Waals surface area contributed by atoms with E-state index in [0.29, 0.717) is 16.3 Å². The average molecular weight is 257 g/mol. The van der Waals surface area contributed by atoms with Crippen LogP contribution in [0.15, 0.2) is 24.3 Å². The van der Waals surface area contributed by atoms with Gasteiger partial charge in [0.05, 0.1) is 17.3 Å². The molecule has 0 aliphatic heterocycles. The van der Waals surface area contributed by atoms with Crippen molar-refractivity contribution in [3.05, 3.63) is 46.0 Å². The standard InChI is InChI=1S/C13H11N3OS/c1-8-9(2)18-13(15-8)16-12(17)11-5-3-4-10(6-11)7-14/h3-6H,1-2H3,(H,15,16,17). The summed E-state index contributed by atoms with van der Waals surface area (Å²) < 4.78 is 0. The Morgan fingerprint density at radius 3 is 2.83 bits per heavy atom. The van der Waals surface area contributed by atoms with E-state index in [1.54, 1.807) is 24.3 Å². The molecule has 0 aliphatic rings. The zero-order valence-corrected chi connectivity index (χ0v) is 10.8. The van der Waals surface area contributed by atoms with Gasteiger partial charge in [0.25, 0.3) is 5.91 Å². The topological polar surface area (TPSA) is 65.8 Å². The maximum absolute atomic E-state index is 11.9. The number of anilines is 1. The van der Waals surface area contributed by atoms with Gasteiger partial charge in [0.1, 0.15) is 0 Å². The summed E-state index contributed by atoms with van der Waals surface area (Å²) in [4.78, 5) is 17.3. The van der Waals surface area contributed by atoms with Gasteiger partial charge in [0.15, 0.2) is 5.13 Å². The van der Waals surface area contributed by atoms with E-state index >= 15 is 0 Å². The summed E-state index contributed by atoms with van der Waals surface area (Å²) >= 11 is 1.44. The number of nitriles is 1. The van der Waals surface area contributed by atoms with Gasteiger partial charge in [-0.3, -0.25) is 10.1 Å². The molecule has 4 nitrogen and oxygen atoms in total. The lowest BCUT2D eigenvalue weighted by Gasteiger charge is -2.01. The number of aromatic nitrogens is 1. The first-order valence-electron chi connectivity index (χ1n) is 5.35. The summed E-state index contributed by atoms with van der Waals surface area (Å²) in [5.41, 5.74) is 1.84. The molecule has 0 aliphatic carbocycles. The summed E-state index contributed by atoms with van der Waals surface area (Å²) in [6.45, 7) is 3.86. The Morgan fingerprint density at radius 1 is 1.44 bits per heavy atom. The number of carbonyl (C=O) groups excluding carboxylic acids is 1. The lowest BCUT2D eigenvalue weighted by atomic mass is 10.1. The van der Waals surface area contributed by atoms with E-state index in [1.165, 1.54) is 11.3 Å². The SMILES string of the molecule is Cc1nc(NC(=O)c2cccc(C#N)c2)sc1C. The van der Waals surface area contributed by atoms with Gasteiger partial charge in [-0.2, -0.15) is 5.26 Å². The number of hydrogen-bond donors (Lipinski definition) is 1. The van der Waals surface area contributed by atoms with Crippen molar-refractivity contribution in [1.29, 1.82) is 5.26 Å². The predicted octanol–water partition coefficient (Wildman–Crippen LogP) is 2.88.